The van der Waals surface area contributed by atoms with Crippen molar-refractivity contribution in [1.29, 1.82) is 0 Å². The minimum absolute atomic E-state index is 0.0403. The highest BCUT2D eigenvalue weighted by atomic mass is 16.5. The molecule has 0 radical (unpaired) electrons. The third-order valence-electron chi connectivity index (χ3n) is 6.19. The molecule has 0 bridgehead atoms. The second-order valence-corrected chi connectivity index (χ2v) is 8.65. The van der Waals surface area contributed by atoms with Crippen molar-refractivity contribution in [3.63, 3.8) is 0 Å². The molecule has 10 nitrogen and oxygen atoms in total. The van der Waals surface area contributed by atoms with Gasteiger partial charge in [-0.1, -0.05) is 13.5 Å². The number of hydrogen-bond donors (Lipinski definition) is 2. The number of hydrogen-bond acceptors (Lipinski definition) is 7. The van der Waals surface area contributed by atoms with E-state index in [1.165, 1.54) is 24.6 Å². The van der Waals surface area contributed by atoms with Crippen LogP contribution in [0.5, 0.6) is 5.88 Å². The number of carbonyl (C=O) groups excluding carboxylic acids is 1. The van der Waals surface area contributed by atoms with Crippen molar-refractivity contribution in [2.24, 2.45) is 13.0 Å². The van der Waals surface area contributed by atoms with Gasteiger partial charge in [-0.3, -0.25) is 13.9 Å². The van der Waals surface area contributed by atoms with E-state index in [-0.39, 0.29) is 17.9 Å². The summed E-state index contributed by atoms with van der Waals surface area (Å²) in [6.07, 6.45) is 9.54. The maximum atomic E-state index is 11.8. The minimum Gasteiger partial charge on any atom is -0.478 e. The van der Waals surface area contributed by atoms with Gasteiger partial charge in [0.15, 0.2) is 11.5 Å². The second kappa shape index (κ2) is 7.85. The molecule has 32 heavy (non-hydrogen) atoms. The van der Waals surface area contributed by atoms with Crippen LogP contribution in [0.1, 0.15) is 31.4 Å². The van der Waals surface area contributed by atoms with E-state index < -0.39 is 0 Å². The predicted molar refractivity (Wildman–Crippen MR) is 122 cm³/mol. The number of nitrogens with one attached hydrogen (secondary N) is 2. The van der Waals surface area contributed by atoms with E-state index in [0.717, 1.165) is 23.7 Å². The van der Waals surface area contributed by atoms with E-state index >= 15 is 0 Å². The Kier molecular flexibility index (Phi) is 4.99. The Morgan fingerprint density at radius 1 is 1.31 bits per heavy atom. The van der Waals surface area contributed by atoms with Crippen LogP contribution in [0.4, 0.5) is 17.3 Å². The van der Waals surface area contributed by atoms with Gasteiger partial charge in [-0.2, -0.15) is 0 Å². The summed E-state index contributed by atoms with van der Waals surface area (Å²) in [6.45, 7) is 7.18. The Morgan fingerprint density at radius 3 is 2.84 bits per heavy atom. The molecule has 2 unspecified atom stereocenters. The number of fused-ring (bicyclic) bond motifs is 1. The standard InChI is InChI=1S/C22H28N8O2/c1-5-19(31)24-15-11-29(9-13(15)2)18-12-30-17(14-6-7-14)8-23-21(30)20(26-18)25-16-10-28(3)27-22(16)32-4/h5,8,10,12-15H,1,6-7,9,11H2,2-4H3,(H,24,31)(H,25,26). The molecule has 1 amide bonds. The van der Waals surface area contributed by atoms with Crippen LogP contribution < -0.4 is 20.3 Å². The van der Waals surface area contributed by atoms with E-state index in [0.29, 0.717) is 24.2 Å². The monoisotopic (exact) mass is 436 g/mol. The van der Waals surface area contributed by atoms with Gasteiger partial charge in [-0.15, -0.1) is 5.10 Å². The number of anilines is 3. The first-order valence-electron chi connectivity index (χ1n) is 10.9. The van der Waals surface area contributed by atoms with Crippen molar-refractivity contribution in [2.45, 2.75) is 31.7 Å². The molecule has 4 heterocycles. The summed E-state index contributed by atoms with van der Waals surface area (Å²) in [6, 6.07) is 0.0403. The molecule has 3 aromatic rings. The Labute approximate surface area is 186 Å². The van der Waals surface area contributed by atoms with Crippen LogP contribution in [-0.4, -0.2) is 56.3 Å². The molecular formula is C22H28N8O2. The molecule has 1 aliphatic carbocycles. The van der Waals surface area contributed by atoms with Crippen molar-refractivity contribution in [1.82, 2.24) is 29.5 Å². The summed E-state index contributed by atoms with van der Waals surface area (Å²) < 4.78 is 9.24. The smallest absolute Gasteiger partial charge is 0.256 e. The second-order valence-electron chi connectivity index (χ2n) is 8.65. The quantitative estimate of drug-likeness (QED) is 0.548. The summed E-state index contributed by atoms with van der Waals surface area (Å²) in [5.74, 6) is 2.66. The van der Waals surface area contributed by atoms with Crippen LogP contribution in [0, 0.1) is 5.92 Å². The third-order valence-corrected chi connectivity index (χ3v) is 6.19. The van der Waals surface area contributed by atoms with Crippen LogP contribution in [0.3, 0.4) is 0 Å². The van der Waals surface area contributed by atoms with E-state index in [1.807, 2.05) is 19.4 Å². The lowest BCUT2D eigenvalue weighted by Gasteiger charge is -2.20. The average Bonchev–Trinajstić information content (AvgIpc) is 3.27. The maximum Gasteiger partial charge on any atom is 0.256 e. The van der Waals surface area contributed by atoms with Crippen LogP contribution in [-0.2, 0) is 11.8 Å². The molecule has 5 rings (SSSR count). The normalized spacial score (nSPS) is 20.5. The van der Waals surface area contributed by atoms with Gasteiger partial charge in [0.05, 0.1) is 25.5 Å². The van der Waals surface area contributed by atoms with Crippen LogP contribution >= 0.6 is 0 Å². The summed E-state index contributed by atoms with van der Waals surface area (Å²) in [7, 11) is 3.44. The highest BCUT2D eigenvalue weighted by Gasteiger charge is 2.33. The zero-order valence-corrected chi connectivity index (χ0v) is 18.6. The fourth-order valence-corrected chi connectivity index (χ4v) is 4.33. The summed E-state index contributed by atoms with van der Waals surface area (Å²) in [4.78, 5) is 23.6. The van der Waals surface area contributed by atoms with E-state index in [1.54, 1.807) is 11.8 Å². The average molecular weight is 437 g/mol. The molecule has 1 aliphatic heterocycles. The van der Waals surface area contributed by atoms with Crippen LogP contribution in [0.2, 0.25) is 0 Å². The van der Waals surface area contributed by atoms with Gasteiger partial charge in [0.2, 0.25) is 5.91 Å². The lowest BCUT2D eigenvalue weighted by atomic mass is 10.1. The topological polar surface area (TPSA) is 102 Å². The Bertz CT molecular complexity index is 1180. The molecule has 1 saturated heterocycles. The number of carbonyl (C=O) groups is 1. The first-order valence-corrected chi connectivity index (χ1v) is 10.9. The highest BCUT2D eigenvalue weighted by Crippen LogP contribution is 2.41. The predicted octanol–water partition coefficient (Wildman–Crippen LogP) is 2.22. The molecule has 168 valence electrons. The molecule has 1 saturated carbocycles. The van der Waals surface area contributed by atoms with Gasteiger partial charge in [-0.05, 0) is 24.8 Å². The molecule has 0 spiro atoms. The maximum absolute atomic E-state index is 11.8. The summed E-state index contributed by atoms with van der Waals surface area (Å²) in [5.41, 5.74) is 2.70. The lowest BCUT2D eigenvalue weighted by Crippen LogP contribution is -2.39. The van der Waals surface area contributed by atoms with Crippen molar-refractivity contribution < 1.29 is 9.53 Å². The molecule has 3 aromatic heterocycles. The number of ether oxygens (including phenoxy) is 1. The summed E-state index contributed by atoms with van der Waals surface area (Å²) in [5, 5.41) is 10.7. The third kappa shape index (κ3) is 3.65. The molecule has 2 atom stereocenters. The number of rotatable bonds is 7. The molecule has 0 aromatic carbocycles. The number of nitrogens with zero attached hydrogens (tertiary/aromatic N) is 6. The Balaban J connectivity index is 1.52. The number of aryl methyl sites for hydroxylation is 1. The molecule has 2 aliphatic rings. The van der Waals surface area contributed by atoms with Crippen molar-refractivity contribution in [2.75, 3.05) is 30.4 Å². The number of imidazole rings is 1. The van der Waals surface area contributed by atoms with Gasteiger partial charge in [0, 0.05) is 37.9 Å². The van der Waals surface area contributed by atoms with Gasteiger partial charge >= 0.3 is 0 Å². The highest BCUT2D eigenvalue weighted by molar-refractivity contribution is 5.87. The Morgan fingerprint density at radius 2 is 2.12 bits per heavy atom. The fraction of sp³-hybridized carbons (Fsp3) is 0.455. The van der Waals surface area contributed by atoms with Crippen molar-refractivity contribution in [3.8, 4) is 5.88 Å². The number of amides is 1. The molecular weight excluding hydrogens is 408 g/mol. The first-order chi connectivity index (χ1) is 15.5. The van der Waals surface area contributed by atoms with Gasteiger partial charge in [-0.25, -0.2) is 9.97 Å². The van der Waals surface area contributed by atoms with E-state index in [4.69, 9.17) is 9.72 Å². The first kappa shape index (κ1) is 20.3. The Hall–Kier alpha value is -3.56. The van der Waals surface area contributed by atoms with Crippen molar-refractivity contribution in [3.05, 3.63) is 36.9 Å². The van der Waals surface area contributed by atoms with Crippen LogP contribution in [0.25, 0.3) is 5.65 Å². The molecule has 2 N–H and O–H groups in total. The zero-order chi connectivity index (χ0) is 22.4. The fourth-order valence-electron chi connectivity index (χ4n) is 4.33. The zero-order valence-electron chi connectivity index (χ0n) is 18.6. The minimum atomic E-state index is -0.149. The van der Waals surface area contributed by atoms with E-state index in [9.17, 15) is 4.79 Å². The SMILES string of the molecule is C=CC(=O)NC1CN(c2cn3c(C4CC4)cnc3c(Nc3cn(C)nc3OC)n2)CC1C. The number of aromatic nitrogens is 5. The van der Waals surface area contributed by atoms with Crippen LogP contribution in [0.15, 0.2) is 31.2 Å². The van der Waals surface area contributed by atoms with Gasteiger partial charge in [0.1, 0.15) is 11.5 Å². The van der Waals surface area contributed by atoms with Gasteiger partial charge in [0.25, 0.3) is 5.88 Å². The van der Waals surface area contributed by atoms with E-state index in [2.05, 4.69) is 49.7 Å². The molecule has 10 heteroatoms. The lowest BCUT2D eigenvalue weighted by molar-refractivity contribution is -0.117. The number of methoxy groups -OCH3 is 1. The van der Waals surface area contributed by atoms with Crippen molar-refractivity contribution >= 4 is 28.9 Å². The summed E-state index contributed by atoms with van der Waals surface area (Å²) >= 11 is 0. The molecule has 2 fully saturated rings. The van der Waals surface area contributed by atoms with Gasteiger partial charge < -0.3 is 20.3 Å². The largest absolute Gasteiger partial charge is 0.478 e.